The third-order valence-corrected chi connectivity index (χ3v) is 7.51. The maximum Gasteiger partial charge on any atom is 0.255 e. The second kappa shape index (κ2) is 8.81. The Morgan fingerprint density at radius 3 is 2.28 bits per heavy atom. The first-order valence-corrected chi connectivity index (χ1v) is 11.5. The van der Waals surface area contributed by atoms with Crippen molar-refractivity contribution in [2.45, 2.75) is 28.9 Å². The first-order chi connectivity index (χ1) is 13.7. The molecule has 0 bridgehead atoms. The summed E-state index contributed by atoms with van der Waals surface area (Å²) in [5.41, 5.74) is 0.600. The maximum absolute atomic E-state index is 13.4. The Morgan fingerprint density at radius 1 is 1.00 bits per heavy atom. The molecule has 0 atom stereocenters. The van der Waals surface area contributed by atoms with E-state index in [-0.39, 0.29) is 37.0 Å². The van der Waals surface area contributed by atoms with Crippen LogP contribution in [0.25, 0.3) is 0 Å². The summed E-state index contributed by atoms with van der Waals surface area (Å²) in [6, 6.07) is 9.89. The summed E-state index contributed by atoms with van der Waals surface area (Å²) in [6.07, 6.45) is 0. The molecule has 1 aliphatic rings. The maximum atomic E-state index is 13.4. The lowest BCUT2D eigenvalue weighted by atomic mass is 10.2. The Kier molecular flexibility index (Phi) is 6.60. The molecule has 0 radical (unpaired) electrons. The van der Waals surface area contributed by atoms with Crippen LogP contribution in [0.3, 0.4) is 0 Å². The molecule has 1 aliphatic heterocycles. The number of carbonyl (C=O) groups excluding carboxylic acids is 1. The van der Waals surface area contributed by atoms with Gasteiger partial charge in [0.1, 0.15) is 0 Å². The zero-order chi connectivity index (χ0) is 21.2. The largest absolute Gasteiger partial charge is 0.336 e. The van der Waals surface area contributed by atoms with Gasteiger partial charge in [-0.25, -0.2) is 17.2 Å². The summed E-state index contributed by atoms with van der Waals surface area (Å²) in [6.45, 7) is 4.73. The minimum Gasteiger partial charge on any atom is -0.336 e. The molecule has 1 saturated heterocycles. The number of halogens is 2. The molecule has 0 unspecified atom stereocenters. The lowest BCUT2D eigenvalue weighted by Gasteiger charge is -2.34. The van der Waals surface area contributed by atoms with Gasteiger partial charge < -0.3 is 4.90 Å². The van der Waals surface area contributed by atoms with E-state index in [9.17, 15) is 22.0 Å². The fourth-order valence-electron chi connectivity index (χ4n) is 3.09. The van der Waals surface area contributed by atoms with E-state index in [1.54, 1.807) is 28.8 Å². The number of carbonyl (C=O) groups is 1. The van der Waals surface area contributed by atoms with E-state index in [0.717, 1.165) is 17.0 Å². The quantitative estimate of drug-likeness (QED) is 0.667. The van der Waals surface area contributed by atoms with Crippen LogP contribution in [0.2, 0.25) is 0 Å². The van der Waals surface area contributed by atoms with E-state index >= 15 is 0 Å². The van der Waals surface area contributed by atoms with Crippen molar-refractivity contribution < 1.29 is 22.0 Å². The molecule has 156 valence electrons. The van der Waals surface area contributed by atoms with Crippen molar-refractivity contribution in [2.75, 3.05) is 26.2 Å². The van der Waals surface area contributed by atoms with E-state index in [0.29, 0.717) is 16.9 Å². The van der Waals surface area contributed by atoms with Crippen molar-refractivity contribution >= 4 is 27.7 Å². The first-order valence-electron chi connectivity index (χ1n) is 9.20. The van der Waals surface area contributed by atoms with Gasteiger partial charge in [0, 0.05) is 36.3 Å². The van der Waals surface area contributed by atoms with Gasteiger partial charge in [0.2, 0.25) is 10.0 Å². The number of benzene rings is 2. The summed E-state index contributed by atoms with van der Waals surface area (Å²) >= 11 is 1.60. The molecule has 0 N–H and O–H groups in total. The molecule has 1 fully saturated rings. The van der Waals surface area contributed by atoms with Crippen molar-refractivity contribution in [3.8, 4) is 0 Å². The summed E-state index contributed by atoms with van der Waals surface area (Å²) in [7, 11) is -3.95. The smallest absolute Gasteiger partial charge is 0.255 e. The second-order valence-corrected chi connectivity index (χ2v) is 10.5. The second-order valence-electron chi connectivity index (χ2n) is 6.93. The van der Waals surface area contributed by atoms with Crippen LogP contribution in [0.4, 0.5) is 8.78 Å². The SMILES string of the molecule is CC(C)Sc1ccccc1C(=O)N1CCN(S(=O)(=O)c2ccc(F)c(F)c2)CC1. The predicted molar refractivity (Wildman–Crippen MR) is 108 cm³/mol. The van der Waals surface area contributed by atoms with E-state index in [4.69, 9.17) is 0 Å². The Bertz CT molecular complexity index is 1000. The number of thioether (sulfide) groups is 1. The molecule has 9 heteroatoms. The fourth-order valence-corrected chi connectivity index (χ4v) is 5.47. The van der Waals surface area contributed by atoms with Crippen molar-refractivity contribution in [3.63, 3.8) is 0 Å². The minimum atomic E-state index is -3.95. The van der Waals surface area contributed by atoms with Gasteiger partial charge in [-0.1, -0.05) is 26.0 Å². The molecule has 0 aliphatic carbocycles. The van der Waals surface area contributed by atoms with Crippen molar-refractivity contribution in [1.82, 2.24) is 9.21 Å². The van der Waals surface area contributed by atoms with Crippen LogP contribution in [-0.4, -0.2) is 55.0 Å². The Hall–Kier alpha value is -1.97. The van der Waals surface area contributed by atoms with Gasteiger partial charge in [0.15, 0.2) is 11.6 Å². The average Bonchev–Trinajstić information content (AvgIpc) is 2.69. The van der Waals surface area contributed by atoms with Crippen LogP contribution in [0.1, 0.15) is 24.2 Å². The summed E-state index contributed by atoms with van der Waals surface area (Å²) in [5.74, 6) is -2.45. The molecular weight excluding hydrogens is 418 g/mol. The number of hydrogen-bond acceptors (Lipinski definition) is 4. The summed E-state index contributed by atoms with van der Waals surface area (Å²) in [4.78, 5) is 15.2. The van der Waals surface area contributed by atoms with Gasteiger partial charge >= 0.3 is 0 Å². The molecule has 0 spiro atoms. The highest BCUT2D eigenvalue weighted by molar-refractivity contribution is 8.00. The third kappa shape index (κ3) is 4.79. The number of nitrogens with zero attached hydrogens (tertiary/aromatic N) is 2. The van der Waals surface area contributed by atoms with Gasteiger partial charge in [-0.15, -0.1) is 11.8 Å². The minimum absolute atomic E-state index is 0.0898. The highest BCUT2D eigenvalue weighted by Gasteiger charge is 2.31. The van der Waals surface area contributed by atoms with E-state index in [2.05, 4.69) is 0 Å². The topological polar surface area (TPSA) is 57.7 Å². The van der Waals surface area contributed by atoms with Crippen LogP contribution < -0.4 is 0 Å². The van der Waals surface area contributed by atoms with Crippen LogP contribution in [0.15, 0.2) is 52.3 Å². The van der Waals surface area contributed by atoms with E-state index in [1.165, 1.54) is 4.31 Å². The van der Waals surface area contributed by atoms with Crippen molar-refractivity contribution in [3.05, 3.63) is 59.7 Å². The van der Waals surface area contributed by atoms with Crippen LogP contribution >= 0.6 is 11.8 Å². The van der Waals surface area contributed by atoms with Crippen molar-refractivity contribution in [1.29, 1.82) is 0 Å². The predicted octanol–water partition coefficient (Wildman–Crippen LogP) is 3.61. The Balaban J connectivity index is 1.72. The molecule has 3 rings (SSSR count). The number of amides is 1. The number of rotatable bonds is 5. The molecule has 2 aromatic rings. The zero-order valence-electron chi connectivity index (χ0n) is 16.1. The van der Waals surface area contributed by atoms with E-state index < -0.39 is 21.7 Å². The highest BCUT2D eigenvalue weighted by Crippen LogP contribution is 2.28. The van der Waals surface area contributed by atoms with Crippen LogP contribution in [-0.2, 0) is 10.0 Å². The molecule has 29 heavy (non-hydrogen) atoms. The third-order valence-electron chi connectivity index (χ3n) is 4.53. The number of hydrogen-bond donors (Lipinski definition) is 0. The van der Waals surface area contributed by atoms with Crippen LogP contribution in [0, 0.1) is 11.6 Å². The van der Waals surface area contributed by atoms with Gasteiger partial charge in [0.25, 0.3) is 5.91 Å². The monoisotopic (exact) mass is 440 g/mol. The first kappa shape index (κ1) is 21.7. The Morgan fingerprint density at radius 2 is 1.66 bits per heavy atom. The molecule has 1 heterocycles. The molecular formula is C20H22F2N2O3S2. The highest BCUT2D eigenvalue weighted by atomic mass is 32.2. The van der Waals surface area contributed by atoms with Gasteiger partial charge in [-0.3, -0.25) is 4.79 Å². The lowest BCUT2D eigenvalue weighted by Crippen LogP contribution is -2.50. The van der Waals surface area contributed by atoms with Crippen LogP contribution in [0.5, 0.6) is 0 Å². The average molecular weight is 441 g/mol. The molecule has 5 nitrogen and oxygen atoms in total. The standard InChI is InChI=1S/C20H22F2N2O3S2/c1-14(2)28-19-6-4-3-5-16(19)20(25)23-9-11-24(12-10-23)29(26,27)15-7-8-17(21)18(22)13-15/h3-8,13-14H,9-12H2,1-2H3. The summed E-state index contributed by atoms with van der Waals surface area (Å²) < 4.78 is 53.2. The zero-order valence-corrected chi connectivity index (χ0v) is 17.8. The molecule has 2 aromatic carbocycles. The van der Waals surface area contributed by atoms with Gasteiger partial charge in [-0.2, -0.15) is 4.31 Å². The van der Waals surface area contributed by atoms with Gasteiger partial charge in [-0.05, 0) is 30.3 Å². The van der Waals surface area contributed by atoms with Gasteiger partial charge in [0.05, 0.1) is 10.5 Å². The molecule has 1 amide bonds. The molecule has 0 saturated carbocycles. The molecule has 0 aromatic heterocycles. The number of sulfonamides is 1. The normalized spacial score (nSPS) is 15.7. The number of piperazine rings is 1. The fraction of sp³-hybridized carbons (Fsp3) is 0.350. The lowest BCUT2D eigenvalue weighted by molar-refractivity contribution is 0.0694. The van der Waals surface area contributed by atoms with Crippen molar-refractivity contribution in [2.24, 2.45) is 0 Å². The summed E-state index contributed by atoms with van der Waals surface area (Å²) in [5, 5.41) is 0.321. The van der Waals surface area contributed by atoms with E-state index in [1.807, 2.05) is 26.0 Å². The Labute approximate surface area is 173 Å².